The Morgan fingerprint density at radius 2 is 2.06 bits per heavy atom. The second-order valence-corrected chi connectivity index (χ2v) is 5.89. The van der Waals surface area contributed by atoms with Crippen molar-refractivity contribution in [1.29, 1.82) is 0 Å². The molecule has 18 heavy (non-hydrogen) atoms. The summed E-state index contributed by atoms with van der Waals surface area (Å²) in [5.41, 5.74) is 0. The van der Waals surface area contributed by atoms with Crippen LogP contribution in [0.3, 0.4) is 0 Å². The molecule has 0 bridgehead atoms. The lowest BCUT2D eigenvalue weighted by Gasteiger charge is -2.40. The second-order valence-electron chi connectivity index (χ2n) is 5.89. The lowest BCUT2D eigenvalue weighted by Crippen LogP contribution is -2.60. The number of nitrogens with one attached hydrogen (secondary N) is 1. The van der Waals surface area contributed by atoms with Crippen molar-refractivity contribution >= 4 is 5.91 Å². The first-order valence-corrected chi connectivity index (χ1v) is 7.19. The van der Waals surface area contributed by atoms with E-state index < -0.39 is 0 Å². The van der Waals surface area contributed by atoms with Crippen LogP contribution in [0.2, 0.25) is 0 Å². The molecule has 2 atom stereocenters. The van der Waals surface area contributed by atoms with Gasteiger partial charge in [0.2, 0.25) is 5.91 Å². The van der Waals surface area contributed by atoms with E-state index in [0.29, 0.717) is 11.9 Å². The molecule has 2 unspecified atom stereocenters. The minimum Gasteiger partial charge on any atom is -0.338 e. The summed E-state index contributed by atoms with van der Waals surface area (Å²) >= 11 is 0. The molecule has 0 saturated carbocycles. The fourth-order valence-electron chi connectivity index (χ4n) is 3.47. The number of piperazine rings is 2. The maximum Gasteiger partial charge on any atom is 0.241 e. The Hall–Kier alpha value is -0.650. The summed E-state index contributed by atoms with van der Waals surface area (Å²) in [4.78, 5) is 19.4. The summed E-state index contributed by atoms with van der Waals surface area (Å²) in [6.07, 6.45) is 2.57. The zero-order chi connectivity index (χ0) is 12.5. The first-order chi connectivity index (χ1) is 8.74. The molecule has 102 valence electrons. The first kappa shape index (κ1) is 12.4. The van der Waals surface area contributed by atoms with Gasteiger partial charge in [-0.1, -0.05) is 0 Å². The molecule has 3 heterocycles. The molecule has 3 aliphatic rings. The number of amides is 1. The Kier molecular flexibility index (Phi) is 3.54. The molecule has 5 heteroatoms. The molecule has 3 rings (SSSR count). The number of rotatable bonds is 1. The smallest absolute Gasteiger partial charge is 0.241 e. The average Bonchev–Trinajstić information content (AvgIpc) is 2.85. The Morgan fingerprint density at radius 1 is 1.17 bits per heavy atom. The van der Waals surface area contributed by atoms with E-state index in [-0.39, 0.29) is 6.04 Å². The van der Waals surface area contributed by atoms with E-state index in [9.17, 15) is 4.79 Å². The number of carbonyl (C=O) groups is 1. The van der Waals surface area contributed by atoms with Crippen LogP contribution in [0, 0.1) is 0 Å². The standard InChI is InChI=1S/C13H24N4O/c1-15-6-4-14-12(10-15)13(18)17-8-7-16-5-2-3-11(16)9-17/h11-12,14H,2-10H2,1H3. The number of hydrogen-bond donors (Lipinski definition) is 1. The number of nitrogens with zero attached hydrogens (tertiary/aromatic N) is 3. The van der Waals surface area contributed by atoms with Crippen molar-refractivity contribution in [2.75, 3.05) is 52.9 Å². The van der Waals surface area contributed by atoms with E-state index in [1.54, 1.807) is 0 Å². The Morgan fingerprint density at radius 3 is 2.89 bits per heavy atom. The molecule has 0 radical (unpaired) electrons. The molecule has 1 amide bonds. The van der Waals surface area contributed by atoms with Crippen LogP contribution in [0.5, 0.6) is 0 Å². The molecule has 3 fully saturated rings. The third-order valence-corrected chi connectivity index (χ3v) is 4.58. The molecule has 5 nitrogen and oxygen atoms in total. The van der Waals surface area contributed by atoms with Gasteiger partial charge in [0.15, 0.2) is 0 Å². The lowest BCUT2D eigenvalue weighted by molar-refractivity contribution is -0.137. The lowest BCUT2D eigenvalue weighted by atomic mass is 10.1. The van der Waals surface area contributed by atoms with Gasteiger partial charge in [-0.15, -0.1) is 0 Å². The van der Waals surface area contributed by atoms with Gasteiger partial charge in [0.05, 0.1) is 6.04 Å². The van der Waals surface area contributed by atoms with Gasteiger partial charge >= 0.3 is 0 Å². The van der Waals surface area contributed by atoms with Crippen molar-refractivity contribution in [3.05, 3.63) is 0 Å². The van der Waals surface area contributed by atoms with Crippen LogP contribution in [-0.4, -0.2) is 85.6 Å². The van der Waals surface area contributed by atoms with Crippen LogP contribution in [-0.2, 0) is 4.79 Å². The van der Waals surface area contributed by atoms with Crippen LogP contribution in [0.25, 0.3) is 0 Å². The minimum absolute atomic E-state index is 0.0108. The molecular formula is C13H24N4O. The third kappa shape index (κ3) is 2.39. The molecule has 0 aromatic heterocycles. The number of likely N-dealkylation sites (N-methyl/N-ethyl adjacent to an activating group) is 1. The number of hydrogen-bond acceptors (Lipinski definition) is 4. The summed E-state index contributed by atoms with van der Waals surface area (Å²) < 4.78 is 0. The number of fused-ring (bicyclic) bond motifs is 1. The van der Waals surface area contributed by atoms with Crippen molar-refractivity contribution in [2.24, 2.45) is 0 Å². The highest BCUT2D eigenvalue weighted by Gasteiger charge is 2.35. The highest BCUT2D eigenvalue weighted by atomic mass is 16.2. The highest BCUT2D eigenvalue weighted by Crippen LogP contribution is 2.21. The quantitative estimate of drug-likeness (QED) is 0.663. The molecule has 1 N–H and O–H groups in total. The van der Waals surface area contributed by atoms with Gasteiger partial charge in [0, 0.05) is 45.3 Å². The SMILES string of the molecule is CN1CCNC(C(=O)N2CCN3CCCC3C2)C1. The number of carbonyl (C=O) groups excluding carboxylic acids is 1. The summed E-state index contributed by atoms with van der Waals surface area (Å²) in [5.74, 6) is 0.313. The summed E-state index contributed by atoms with van der Waals surface area (Å²) in [6, 6.07) is 0.640. The normalized spacial score (nSPS) is 34.6. The van der Waals surface area contributed by atoms with E-state index in [1.807, 2.05) is 0 Å². The van der Waals surface area contributed by atoms with Crippen LogP contribution in [0.4, 0.5) is 0 Å². The van der Waals surface area contributed by atoms with Crippen LogP contribution >= 0.6 is 0 Å². The summed E-state index contributed by atoms with van der Waals surface area (Å²) in [6.45, 7) is 6.98. The van der Waals surface area contributed by atoms with E-state index >= 15 is 0 Å². The maximum atomic E-state index is 12.5. The van der Waals surface area contributed by atoms with E-state index in [4.69, 9.17) is 0 Å². The van der Waals surface area contributed by atoms with Gasteiger partial charge in [0.25, 0.3) is 0 Å². The predicted octanol–water partition coefficient (Wildman–Crippen LogP) is -0.803. The van der Waals surface area contributed by atoms with Crippen molar-refractivity contribution in [3.8, 4) is 0 Å². The Balaban J connectivity index is 1.59. The maximum absolute atomic E-state index is 12.5. The summed E-state index contributed by atoms with van der Waals surface area (Å²) in [7, 11) is 2.09. The van der Waals surface area contributed by atoms with Crippen molar-refractivity contribution in [2.45, 2.75) is 24.9 Å². The third-order valence-electron chi connectivity index (χ3n) is 4.58. The van der Waals surface area contributed by atoms with Gasteiger partial charge in [-0.25, -0.2) is 0 Å². The van der Waals surface area contributed by atoms with Crippen molar-refractivity contribution in [1.82, 2.24) is 20.0 Å². The van der Waals surface area contributed by atoms with Gasteiger partial charge < -0.3 is 15.1 Å². The predicted molar refractivity (Wildman–Crippen MR) is 70.5 cm³/mol. The van der Waals surface area contributed by atoms with E-state index in [2.05, 4.69) is 27.1 Å². The molecule has 3 saturated heterocycles. The molecule has 0 aromatic carbocycles. The molecule has 0 aliphatic carbocycles. The van der Waals surface area contributed by atoms with Crippen LogP contribution < -0.4 is 5.32 Å². The Bertz CT molecular complexity index is 322. The summed E-state index contributed by atoms with van der Waals surface area (Å²) in [5, 5.41) is 3.36. The highest BCUT2D eigenvalue weighted by molar-refractivity contribution is 5.82. The average molecular weight is 252 g/mol. The first-order valence-electron chi connectivity index (χ1n) is 7.19. The van der Waals surface area contributed by atoms with Gasteiger partial charge in [-0.05, 0) is 26.4 Å². The fourth-order valence-corrected chi connectivity index (χ4v) is 3.47. The zero-order valence-electron chi connectivity index (χ0n) is 11.3. The van der Waals surface area contributed by atoms with Crippen LogP contribution in [0.1, 0.15) is 12.8 Å². The zero-order valence-corrected chi connectivity index (χ0v) is 11.3. The Labute approximate surface area is 109 Å². The van der Waals surface area contributed by atoms with E-state index in [0.717, 1.165) is 39.3 Å². The second kappa shape index (κ2) is 5.15. The van der Waals surface area contributed by atoms with Gasteiger partial charge in [-0.2, -0.15) is 0 Å². The van der Waals surface area contributed by atoms with Gasteiger partial charge in [-0.3, -0.25) is 9.69 Å². The monoisotopic (exact) mass is 252 g/mol. The van der Waals surface area contributed by atoms with Crippen molar-refractivity contribution < 1.29 is 4.79 Å². The molecule has 0 aromatic rings. The largest absolute Gasteiger partial charge is 0.338 e. The van der Waals surface area contributed by atoms with Gasteiger partial charge in [0.1, 0.15) is 0 Å². The van der Waals surface area contributed by atoms with Crippen molar-refractivity contribution in [3.63, 3.8) is 0 Å². The molecule has 3 aliphatic heterocycles. The van der Waals surface area contributed by atoms with Crippen LogP contribution in [0.15, 0.2) is 0 Å². The topological polar surface area (TPSA) is 38.8 Å². The molecule has 0 spiro atoms. The van der Waals surface area contributed by atoms with E-state index in [1.165, 1.54) is 19.4 Å². The molecular weight excluding hydrogens is 228 g/mol. The minimum atomic E-state index is 0.0108. The fraction of sp³-hybridized carbons (Fsp3) is 0.923.